The summed E-state index contributed by atoms with van der Waals surface area (Å²) in [6.07, 6.45) is 5.32. The van der Waals surface area contributed by atoms with E-state index in [1.54, 1.807) is 23.0 Å². The standard InChI is InChI=1S/C38H47FN6O2/c1-5-30(22-29-21-26(2)27(29)3)41-38(44-19-17-43(18-20-44)32-9-7-6-8-10-32)42-31-12-14-34-36(23-31)40-25-45(37(34)46)16-15-28-11-13-33(47-4)24-35(28)39/h6-14,23-27,29-30H,5,15-22H2,1-4H3,(H,41,42). The number of aromatic nitrogens is 2. The van der Waals surface area contributed by atoms with Crippen LogP contribution in [-0.4, -0.2) is 59.7 Å². The molecule has 4 aromatic rings. The zero-order chi connectivity index (χ0) is 32.9. The van der Waals surface area contributed by atoms with Crippen molar-refractivity contribution in [1.82, 2.24) is 14.5 Å². The van der Waals surface area contributed by atoms with E-state index in [4.69, 9.17) is 9.73 Å². The number of halogens is 1. The average molecular weight is 639 g/mol. The molecule has 1 aromatic heterocycles. The van der Waals surface area contributed by atoms with Crippen molar-refractivity contribution in [2.45, 2.75) is 59.0 Å². The first-order valence-electron chi connectivity index (χ1n) is 17.0. The molecule has 8 nitrogen and oxygen atoms in total. The summed E-state index contributed by atoms with van der Waals surface area (Å²) in [5.74, 6) is 3.28. The number of guanidine groups is 1. The molecule has 1 aliphatic heterocycles. The smallest absolute Gasteiger partial charge is 0.261 e. The Balaban J connectivity index is 1.20. The van der Waals surface area contributed by atoms with Crippen LogP contribution in [0, 0.1) is 23.6 Å². The summed E-state index contributed by atoms with van der Waals surface area (Å²) in [6, 6.07) is 21.3. The molecular formula is C38H47FN6O2. The van der Waals surface area contributed by atoms with Gasteiger partial charge >= 0.3 is 0 Å². The number of para-hydroxylation sites is 1. The summed E-state index contributed by atoms with van der Waals surface area (Å²) >= 11 is 0. The summed E-state index contributed by atoms with van der Waals surface area (Å²) in [5, 5.41) is 4.17. The Hall–Kier alpha value is -4.40. The number of rotatable bonds is 10. The maximum atomic E-state index is 14.5. The van der Waals surface area contributed by atoms with E-state index in [0.29, 0.717) is 35.2 Å². The summed E-state index contributed by atoms with van der Waals surface area (Å²) in [4.78, 5) is 28.2. The van der Waals surface area contributed by atoms with Gasteiger partial charge in [-0.2, -0.15) is 0 Å². The molecule has 2 aliphatic rings. The predicted octanol–water partition coefficient (Wildman–Crippen LogP) is 6.84. The average Bonchev–Trinajstić information content (AvgIpc) is 3.11. The molecule has 1 saturated heterocycles. The Morgan fingerprint density at radius 3 is 2.53 bits per heavy atom. The van der Waals surface area contributed by atoms with Crippen LogP contribution in [0.1, 0.15) is 45.6 Å². The SMILES string of the molecule is CCC(CC1CC(C)C1C)N=C(Nc1ccc2c(=O)n(CCc3ccc(OC)cc3F)cnc2c1)N1CCN(c2ccccc2)CC1. The van der Waals surface area contributed by atoms with Crippen LogP contribution < -0.4 is 20.5 Å². The first-order chi connectivity index (χ1) is 22.8. The van der Waals surface area contributed by atoms with E-state index < -0.39 is 0 Å². The Bertz CT molecular complexity index is 1750. The fourth-order valence-electron chi connectivity index (χ4n) is 6.95. The second-order valence-electron chi connectivity index (χ2n) is 13.2. The topological polar surface area (TPSA) is 75.0 Å². The third-order valence-electron chi connectivity index (χ3n) is 10.3. The number of nitrogens with one attached hydrogen (secondary N) is 1. The fraction of sp³-hybridized carbons (Fsp3) is 0.447. The molecule has 4 unspecified atom stereocenters. The van der Waals surface area contributed by atoms with E-state index in [1.165, 1.54) is 25.3 Å². The number of fused-ring (bicyclic) bond motifs is 1. The van der Waals surface area contributed by atoms with E-state index in [1.807, 2.05) is 18.2 Å². The van der Waals surface area contributed by atoms with Crippen LogP contribution in [0.2, 0.25) is 0 Å². The molecule has 0 amide bonds. The molecule has 6 rings (SSSR count). The highest BCUT2D eigenvalue weighted by Crippen LogP contribution is 2.43. The van der Waals surface area contributed by atoms with Gasteiger partial charge in [0, 0.05) is 50.2 Å². The van der Waals surface area contributed by atoms with Gasteiger partial charge in [-0.05, 0) is 85.4 Å². The molecule has 0 spiro atoms. The monoisotopic (exact) mass is 638 g/mol. The first kappa shape index (κ1) is 32.5. The molecule has 0 radical (unpaired) electrons. The Labute approximate surface area is 277 Å². The lowest BCUT2D eigenvalue weighted by Crippen LogP contribution is -2.51. The summed E-state index contributed by atoms with van der Waals surface area (Å²) in [5.41, 5.74) is 3.10. The van der Waals surface area contributed by atoms with Gasteiger partial charge in [0.2, 0.25) is 0 Å². The second-order valence-corrected chi connectivity index (χ2v) is 13.2. The number of methoxy groups -OCH3 is 1. The maximum absolute atomic E-state index is 14.5. The van der Waals surface area contributed by atoms with Gasteiger partial charge < -0.3 is 19.9 Å². The number of aryl methyl sites for hydroxylation is 2. The lowest BCUT2D eigenvalue weighted by molar-refractivity contribution is 0.0882. The number of aliphatic imine (C=N–C) groups is 1. The summed E-state index contributed by atoms with van der Waals surface area (Å²) < 4.78 is 21.1. The van der Waals surface area contributed by atoms with Crippen LogP contribution in [0.25, 0.3) is 10.9 Å². The van der Waals surface area contributed by atoms with Crippen molar-refractivity contribution in [3.63, 3.8) is 0 Å². The summed E-state index contributed by atoms with van der Waals surface area (Å²) in [7, 11) is 1.51. The van der Waals surface area contributed by atoms with Crippen molar-refractivity contribution >= 4 is 28.2 Å². The van der Waals surface area contributed by atoms with Crippen LogP contribution in [-0.2, 0) is 13.0 Å². The molecule has 47 heavy (non-hydrogen) atoms. The molecule has 3 aromatic carbocycles. The fourth-order valence-corrected chi connectivity index (χ4v) is 6.95. The molecule has 1 aliphatic carbocycles. The van der Waals surface area contributed by atoms with Crippen molar-refractivity contribution in [3.05, 3.63) is 94.8 Å². The van der Waals surface area contributed by atoms with E-state index in [9.17, 15) is 9.18 Å². The van der Waals surface area contributed by atoms with Crippen LogP contribution in [0.3, 0.4) is 0 Å². The normalized spacial score (nSPS) is 20.6. The molecule has 248 valence electrons. The highest BCUT2D eigenvalue weighted by molar-refractivity contribution is 5.96. The minimum absolute atomic E-state index is 0.142. The molecule has 1 saturated carbocycles. The third-order valence-corrected chi connectivity index (χ3v) is 10.3. The number of anilines is 2. The van der Waals surface area contributed by atoms with E-state index in [2.05, 4.69) is 71.2 Å². The molecule has 9 heteroatoms. The quantitative estimate of drug-likeness (QED) is 0.152. The van der Waals surface area contributed by atoms with Gasteiger partial charge in [0.1, 0.15) is 11.6 Å². The summed E-state index contributed by atoms with van der Waals surface area (Å²) in [6.45, 7) is 10.8. The number of ether oxygens (including phenoxy) is 1. The molecule has 1 N–H and O–H groups in total. The zero-order valence-electron chi connectivity index (χ0n) is 28.0. The van der Waals surface area contributed by atoms with Gasteiger partial charge in [-0.25, -0.2) is 14.4 Å². The van der Waals surface area contributed by atoms with Crippen molar-refractivity contribution in [2.75, 3.05) is 43.5 Å². The Morgan fingerprint density at radius 1 is 1.06 bits per heavy atom. The van der Waals surface area contributed by atoms with Crippen molar-refractivity contribution in [1.29, 1.82) is 0 Å². The number of piperazine rings is 1. The number of hydrogen-bond acceptors (Lipinski definition) is 5. The van der Waals surface area contributed by atoms with Gasteiger partial charge in [0.05, 0.1) is 30.4 Å². The Kier molecular flexibility index (Phi) is 10.1. The second kappa shape index (κ2) is 14.6. The van der Waals surface area contributed by atoms with Crippen LogP contribution in [0.15, 0.2) is 82.8 Å². The lowest BCUT2D eigenvalue weighted by Gasteiger charge is -2.42. The van der Waals surface area contributed by atoms with Gasteiger partial charge in [-0.15, -0.1) is 0 Å². The van der Waals surface area contributed by atoms with Crippen LogP contribution >= 0.6 is 0 Å². The van der Waals surface area contributed by atoms with Crippen molar-refractivity contribution in [2.24, 2.45) is 22.7 Å². The van der Waals surface area contributed by atoms with Gasteiger partial charge in [-0.1, -0.05) is 45.0 Å². The highest BCUT2D eigenvalue weighted by atomic mass is 19.1. The molecular weight excluding hydrogens is 591 g/mol. The minimum Gasteiger partial charge on any atom is -0.497 e. The van der Waals surface area contributed by atoms with E-state index >= 15 is 0 Å². The maximum Gasteiger partial charge on any atom is 0.261 e. The molecule has 4 atom stereocenters. The van der Waals surface area contributed by atoms with Gasteiger partial charge in [0.25, 0.3) is 5.56 Å². The Morgan fingerprint density at radius 2 is 1.85 bits per heavy atom. The highest BCUT2D eigenvalue weighted by Gasteiger charge is 2.35. The number of hydrogen-bond donors (Lipinski definition) is 1. The van der Waals surface area contributed by atoms with Crippen molar-refractivity contribution < 1.29 is 9.13 Å². The van der Waals surface area contributed by atoms with Crippen molar-refractivity contribution in [3.8, 4) is 5.75 Å². The van der Waals surface area contributed by atoms with Crippen LogP contribution in [0.5, 0.6) is 5.75 Å². The minimum atomic E-state index is -0.345. The van der Waals surface area contributed by atoms with Crippen LogP contribution in [0.4, 0.5) is 15.8 Å². The predicted molar refractivity (Wildman–Crippen MR) is 189 cm³/mol. The number of nitrogens with zero attached hydrogens (tertiary/aromatic N) is 5. The van der Waals surface area contributed by atoms with E-state index in [-0.39, 0.29) is 17.4 Å². The largest absolute Gasteiger partial charge is 0.497 e. The third kappa shape index (κ3) is 7.45. The number of benzene rings is 3. The molecule has 2 fully saturated rings. The van der Waals surface area contributed by atoms with E-state index in [0.717, 1.165) is 68.4 Å². The molecule has 0 bridgehead atoms. The molecule has 2 heterocycles. The lowest BCUT2D eigenvalue weighted by atomic mass is 9.64. The van der Waals surface area contributed by atoms with Gasteiger partial charge in [-0.3, -0.25) is 9.36 Å². The zero-order valence-corrected chi connectivity index (χ0v) is 28.0. The van der Waals surface area contributed by atoms with Gasteiger partial charge in [0.15, 0.2) is 5.96 Å². The first-order valence-corrected chi connectivity index (χ1v) is 17.0.